The minimum atomic E-state index is 1.20. The zero-order valence-corrected chi connectivity index (χ0v) is 7.44. The molecule has 0 aromatic rings. The molecule has 0 heterocycles. The van der Waals surface area contributed by atoms with Crippen LogP contribution in [0, 0.1) is 9.85 Å². The Balaban J connectivity index is 2.53. The molecule has 0 bridgehead atoms. The van der Waals surface area contributed by atoms with Crippen molar-refractivity contribution >= 4 is 22.6 Å². The topological polar surface area (TPSA) is 0 Å². The summed E-state index contributed by atoms with van der Waals surface area (Å²) < 4.78 is 2.89. The summed E-state index contributed by atoms with van der Waals surface area (Å²) in [5, 5.41) is 0. The molecule has 0 unspecified atom stereocenters. The molecule has 0 N–H and O–H groups in total. The lowest BCUT2D eigenvalue weighted by Crippen LogP contribution is -1.87. The van der Waals surface area contributed by atoms with E-state index in [1.165, 1.54) is 31.3 Å². The van der Waals surface area contributed by atoms with Crippen molar-refractivity contribution in [3.8, 4) is 9.85 Å². The largest absolute Gasteiger partial charge is 0.0729 e. The molecule has 0 radical (unpaired) electrons. The summed E-state index contributed by atoms with van der Waals surface area (Å²) in [5.41, 5.74) is 1.34. The van der Waals surface area contributed by atoms with Gasteiger partial charge in [-0.1, -0.05) is 12.0 Å². The molecule has 0 nitrogen and oxygen atoms in total. The second-order valence-electron chi connectivity index (χ2n) is 2.19. The van der Waals surface area contributed by atoms with Crippen LogP contribution in [0.15, 0.2) is 11.6 Å². The van der Waals surface area contributed by atoms with Crippen molar-refractivity contribution in [3.63, 3.8) is 0 Å². The van der Waals surface area contributed by atoms with Crippen molar-refractivity contribution in [2.24, 2.45) is 0 Å². The van der Waals surface area contributed by atoms with Crippen LogP contribution in [0.4, 0.5) is 0 Å². The Bertz CT molecular complexity index is 169. The monoisotopic (exact) mass is 228 g/mol. The minimum absolute atomic E-state index is 1.20. The van der Waals surface area contributed by atoms with Crippen molar-refractivity contribution in [1.82, 2.24) is 0 Å². The average Bonchev–Trinajstić information content (AvgIpc) is 1.91. The van der Waals surface area contributed by atoms with Gasteiger partial charge in [-0.3, -0.25) is 0 Å². The van der Waals surface area contributed by atoms with Gasteiger partial charge in [0, 0.05) is 22.6 Å². The van der Waals surface area contributed by atoms with E-state index in [4.69, 9.17) is 0 Å². The maximum atomic E-state index is 3.08. The van der Waals surface area contributed by atoms with Gasteiger partial charge in [0.1, 0.15) is 0 Å². The highest BCUT2D eigenvalue weighted by Crippen LogP contribution is 2.15. The molecule has 0 aromatic heterocycles. The lowest BCUT2D eigenvalue weighted by molar-refractivity contribution is 0.715. The highest BCUT2D eigenvalue weighted by atomic mass is 123. The zero-order chi connectivity index (χ0) is 6.53. The second-order valence-corrected chi connectivity index (χ2v) is 2.73. The van der Waals surface area contributed by atoms with Gasteiger partial charge >= 0.3 is 0 Å². The van der Waals surface area contributed by atoms with E-state index in [0.717, 1.165) is 0 Å². The van der Waals surface area contributed by atoms with Gasteiger partial charge < -0.3 is 0 Å². The fourth-order valence-corrected chi connectivity index (χ4v) is 1.36. The van der Waals surface area contributed by atoms with E-state index in [2.05, 4.69) is 38.5 Å². The Hall–Kier alpha value is 0.0300. The first-order valence-corrected chi connectivity index (χ1v) is 4.32. The van der Waals surface area contributed by atoms with Gasteiger partial charge in [-0.15, -0.1) is 0 Å². The van der Waals surface area contributed by atoms with Crippen molar-refractivity contribution in [2.45, 2.75) is 25.7 Å². The van der Waals surface area contributed by atoms with Crippen LogP contribution in [-0.4, -0.2) is 0 Å². The fraction of sp³-hybridized carbons (Fsp3) is 0.500. The molecule has 0 saturated heterocycles. The minimum Gasteiger partial charge on any atom is -0.0729 e. The van der Waals surface area contributed by atoms with Gasteiger partial charge in [0.15, 0.2) is 0 Å². The Morgan fingerprint density at radius 3 is 2.89 bits per heavy atom. The summed E-state index contributed by atoms with van der Waals surface area (Å²) in [6, 6.07) is 0. The van der Waals surface area contributed by atoms with Crippen molar-refractivity contribution in [3.05, 3.63) is 11.6 Å². The third kappa shape index (κ3) is 2.40. The molecular formula is C8H9I. The van der Waals surface area contributed by atoms with Gasteiger partial charge in [0.2, 0.25) is 0 Å². The highest BCUT2D eigenvalue weighted by Gasteiger charge is 1.98. The van der Waals surface area contributed by atoms with E-state index < -0.39 is 0 Å². The molecule has 0 spiro atoms. The van der Waals surface area contributed by atoms with Crippen LogP contribution in [0.1, 0.15) is 25.7 Å². The van der Waals surface area contributed by atoms with Gasteiger partial charge in [-0.2, -0.15) is 0 Å². The summed E-state index contributed by atoms with van der Waals surface area (Å²) >= 11 is 2.09. The molecule has 1 heteroatoms. The molecule has 9 heavy (non-hydrogen) atoms. The predicted octanol–water partition coefficient (Wildman–Crippen LogP) is 2.88. The van der Waals surface area contributed by atoms with Gasteiger partial charge in [0.25, 0.3) is 0 Å². The molecule has 1 aliphatic rings. The second kappa shape index (κ2) is 3.94. The normalized spacial score (nSPS) is 17.7. The number of hydrogen-bond donors (Lipinski definition) is 0. The molecule has 0 amide bonds. The Kier molecular flexibility index (Phi) is 3.13. The number of hydrogen-bond acceptors (Lipinski definition) is 0. The molecule has 0 atom stereocenters. The van der Waals surface area contributed by atoms with E-state index in [9.17, 15) is 0 Å². The van der Waals surface area contributed by atoms with E-state index in [1.54, 1.807) is 0 Å². The molecular weight excluding hydrogens is 219 g/mol. The first-order chi connectivity index (χ1) is 4.43. The molecule has 48 valence electrons. The number of rotatable bonds is 0. The SMILES string of the molecule is [123I]C#CC1=CCCCC1. The smallest absolute Gasteiger partial charge is 0.0185 e. The Morgan fingerprint density at radius 2 is 2.33 bits per heavy atom. The Morgan fingerprint density at radius 1 is 1.44 bits per heavy atom. The maximum absolute atomic E-state index is 3.08. The van der Waals surface area contributed by atoms with Crippen LogP contribution in [0.5, 0.6) is 0 Å². The van der Waals surface area contributed by atoms with Gasteiger partial charge in [-0.25, -0.2) is 0 Å². The summed E-state index contributed by atoms with van der Waals surface area (Å²) in [6.07, 6.45) is 7.38. The average molecular weight is 228 g/mol. The predicted molar refractivity (Wildman–Crippen MR) is 48.3 cm³/mol. The third-order valence-corrected chi connectivity index (χ3v) is 1.77. The van der Waals surface area contributed by atoms with Crippen molar-refractivity contribution < 1.29 is 0 Å². The standard InChI is InChI=1S/C8H9I/c9-7-6-8-4-2-1-3-5-8/h4H,1-3,5H2/i9-4. The zero-order valence-electron chi connectivity index (χ0n) is 5.28. The van der Waals surface area contributed by atoms with Crippen molar-refractivity contribution in [2.75, 3.05) is 0 Å². The Labute approximate surface area is 69.9 Å². The molecule has 0 aliphatic heterocycles. The van der Waals surface area contributed by atoms with Crippen molar-refractivity contribution in [1.29, 1.82) is 0 Å². The van der Waals surface area contributed by atoms with E-state index >= 15 is 0 Å². The third-order valence-electron chi connectivity index (χ3n) is 1.50. The van der Waals surface area contributed by atoms with Gasteiger partial charge in [0.05, 0.1) is 0 Å². The van der Waals surface area contributed by atoms with Crippen LogP contribution < -0.4 is 0 Å². The molecule has 1 rings (SSSR count). The molecule has 0 fully saturated rings. The molecule has 1 aliphatic carbocycles. The summed E-state index contributed by atoms with van der Waals surface area (Å²) in [5.74, 6) is 3.08. The lowest BCUT2D eigenvalue weighted by Gasteiger charge is -2.04. The van der Waals surface area contributed by atoms with E-state index in [1.807, 2.05) is 0 Å². The van der Waals surface area contributed by atoms with Crippen LogP contribution in [-0.2, 0) is 0 Å². The highest BCUT2D eigenvalue weighted by molar-refractivity contribution is 14.1. The first kappa shape index (κ1) is 7.14. The van der Waals surface area contributed by atoms with Crippen LogP contribution in [0.2, 0.25) is 0 Å². The molecule has 0 aromatic carbocycles. The lowest BCUT2D eigenvalue weighted by atomic mass is 10.0. The summed E-state index contributed by atoms with van der Waals surface area (Å²) in [4.78, 5) is 0. The van der Waals surface area contributed by atoms with Crippen LogP contribution >= 0.6 is 22.6 Å². The quantitative estimate of drug-likeness (QED) is 0.441. The summed E-state index contributed by atoms with van der Waals surface area (Å²) in [7, 11) is 0. The van der Waals surface area contributed by atoms with E-state index in [0.29, 0.717) is 0 Å². The van der Waals surface area contributed by atoms with Gasteiger partial charge in [-0.05, 0) is 35.2 Å². The van der Waals surface area contributed by atoms with Crippen LogP contribution in [0.3, 0.4) is 0 Å². The first-order valence-electron chi connectivity index (χ1n) is 3.24. The van der Waals surface area contributed by atoms with Crippen LogP contribution in [0.25, 0.3) is 0 Å². The number of allylic oxidation sites excluding steroid dienone is 2. The molecule has 0 saturated carbocycles. The fourth-order valence-electron chi connectivity index (χ4n) is 1.01. The summed E-state index contributed by atoms with van der Waals surface area (Å²) in [6.45, 7) is 0. The number of halogens is 1. The van der Waals surface area contributed by atoms with E-state index in [-0.39, 0.29) is 0 Å². The maximum Gasteiger partial charge on any atom is 0.0185 e.